The van der Waals surface area contributed by atoms with E-state index in [1.54, 1.807) is 0 Å². The summed E-state index contributed by atoms with van der Waals surface area (Å²) < 4.78 is 41.6. The predicted molar refractivity (Wildman–Crippen MR) is 80.2 cm³/mol. The van der Waals surface area contributed by atoms with Gasteiger partial charge in [-0.25, -0.2) is 23.2 Å². The van der Waals surface area contributed by atoms with Gasteiger partial charge in [0.25, 0.3) is 5.69 Å². The van der Waals surface area contributed by atoms with Crippen molar-refractivity contribution in [2.75, 3.05) is 0 Å². The van der Waals surface area contributed by atoms with Gasteiger partial charge in [0.2, 0.25) is 5.76 Å². The van der Waals surface area contributed by atoms with Crippen molar-refractivity contribution in [1.82, 2.24) is 0 Å². The molecule has 0 unspecified atom stereocenters. The average Bonchev–Trinajstić information content (AvgIpc) is 2.89. The van der Waals surface area contributed by atoms with Gasteiger partial charge in [0, 0.05) is 5.56 Å². The van der Waals surface area contributed by atoms with Crippen LogP contribution in [0.15, 0.2) is 59.1 Å². The highest BCUT2D eigenvalue weighted by Gasteiger charge is 2.18. The molecule has 0 aliphatic carbocycles. The Morgan fingerprint density at radius 2 is 1.16 bits per heavy atom. The predicted octanol–water partition coefficient (Wildman–Crippen LogP) is -0.701. The lowest BCUT2D eigenvalue weighted by atomic mass is 10.1. The first-order valence-electron chi connectivity index (χ1n) is 7.39. The van der Waals surface area contributed by atoms with E-state index in [1.165, 1.54) is 16.7 Å². The van der Waals surface area contributed by atoms with Crippen molar-refractivity contribution >= 4 is 0 Å². The van der Waals surface area contributed by atoms with Gasteiger partial charge in [0.15, 0.2) is 7.05 Å². The van der Waals surface area contributed by atoms with E-state index in [0.717, 1.165) is 17.0 Å². The van der Waals surface area contributed by atoms with E-state index in [9.17, 15) is 0 Å². The molecule has 0 amide bonds. The standard InChI is InChI=1S/C18H18NO.ClHO4/c1-13-4-8-15(9-5-13)17-12-18(20-19(17)3)16-10-6-14(2)7-11-16;2-1(3,4)5/h4-12H,1-3H3;(H,2,3,4,5)/q+1;/p-1. The smallest absolute Gasteiger partial charge is 0.236 e. The fourth-order valence-corrected chi connectivity index (χ4v) is 2.28. The molecule has 2 aromatic carbocycles. The summed E-state index contributed by atoms with van der Waals surface area (Å²) in [7, 11) is -3.01. The number of benzene rings is 2. The van der Waals surface area contributed by atoms with Crippen LogP contribution in [0.3, 0.4) is 0 Å². The summed E-state index contributed by atoms with van der Waals surface area (Å²) in [5.74, 6) is 0.892. The molecule has 0 saturated heterocycles. The van der Waals surface area contributed by atoms with Crippen LogP contribution in [-0.2, 0) is 7.05 Å². The molecular weight excluding hydrogens is 346 g/mol. The van der Waals surface area contributed by atoms with Crippen molar-refractivity contribution in [2.24, 2.45) is 7.05 Å². The van der Waals surface area contributed by atoms with Crippen molar-refractivity contribution in [2.45, 2.75) is 13.8 Å². The molecular formula is C18H18ClNO5. The van der Waals surface area contributed by atoms with Crippen molar-refractivity contribution in [3.63, 3.8) is 0 Å². The third kappa shape index (κ3) is 5.97. The second kappa shape index (κ2) is 7.77. The van der Waals surface area contributed by atoms with Crippen LogP contribution in [0.5, 0.6) is 0 Å². The third-order valence-electron chi connectivity index (χ3n) is 3.53. The molecule has 0 aliphatic heterocycles. The van der Waals surface area contributed by atoms with E-state index in [4.69, 9.17) is 23.2 Å². The van der Waals surface area contributed by atoms with E-state index >= 15 is 0 Å². The molecule has 1 heterocycles. The Balaban J connectivity index is 0.000000399. The zero-order chi connectivity index (χ0) is 18.6. The molecule has 0 aliphatic rings. The van der Waals surface area contributed by atoms with E-state index < -0.39 is 10.2 Å². The van der Waals surface area contributed by atoms with Gasteiger partial charge in [0.1, 0.15) is 0 Å². The van der Waals surface area contributed by atoms with Gasteiger partial charge in [-0.1, -0.05) is 47.5 Å². The van der Waals surface area contributed by atoms with Gasteiger partial charge in [-0.05, 0) is 30.7 Å². The van der Waals surface area contributed by atoms with Gasteiger partial charge in [-0.15, -0.1) is 10.2 Å². The number of aryl methyl sites for hydroxylation is 3. The summed E-state index contributed by atoms with van der Waals surface area (Å²) in [4.78, 5) is 0. The lowest BCUT2D eigenvalue weighted by molar-refractivity contribution is -2.00. The van der Waals surface area contributed by atoms with Gasteiger partial charge in [-0.2, -0.15) is 0 Å². The third-order valence-corrected chi connectivity index (χ3v) is 3.53. The zero-order valence-corrected chi connectivity index (χ0v) is 14.8. The first-order valence-corrected chi connectivity index (χ1v) is 8.63. The van der Waals surface area contributed by atoms with E-state index in [1.807, 2.05) is 11.8 Å². The molecule has 0 bridgehead atoms. The van der Waals surface area contributed by atoms with Crippen molar-refractivity contribution in [3.8, 4) is 22.6 Å². The summed E-state index contributed by atoms with van der Waals surface area (Å²) in [6.07, 6.45) is 0. The van der Waals surface area contributed by atoms with Crippen molar-refractivity contribution in [1.29, 1.82) is 0 Å². The Morgan fingerprint density at radius 1 is 0.760 bits per heavy atom. The fourth-order valence-electron chi connectivity index (χ4n) is 2.28. The Bertz CT molecular complexity index is 814. The summed E-state index contributed by atoms with van der Waals surface area (Å²) >= 11 is 0. The normalized spacial score (nSPS) is 11.0. The Labute approximate surface area is 147 Å². The number of rotatable bonds is 2. The number of nitrogens with zero attached hydrogens (tertiary/aromatic N) is 1. The maximum Gasteiger partial charge on any atom is 0.262 e. The highest BCUT2D eigenvalue weighted by molar-refractivity contribution is 5.65. The van der Waals surface area contributed by atoms with Crippen molar-refractivity contribution < 1.29 is 38.1 Å². The molecule has 132 valence electrons. The molecule has 0 saturated carbocycles. The van der Waals surface area contributed by atoms with Crippen molar-refractivity contribution in [3.05, 3.63) is 65.7 Å². The highest BCUT2D eigenvalue weighted by Crippen LogP contribution is 2.25. The quantitative estimate of drug-likeness (QED) is 0.559. The molecule has 0 N–H and O–H groups in total. The maximum absolute atomic E-state index is 8.49. The van der Waals surface area contributed by atoms with Gasteiger partial charge in [0.05, 0.1) is 11.6 Å². The SMILES string of the molecule is Cc1ccc(-c2cc(-c3ccc(C)cc3)[n+](C)o2)cc1.[O-][Cl+3]([O-])([O-])[O-]. The lowest BCUT2D eigenvalue weighted by Gasteiger charge is -2.17. The van der Waals surface area contributed by atoms with Crippen LogP contribution in [0.1, 0.15) is 11.1 Å². The minimum Gasteiger partial charge on any atom is -0.236 e. The molecule has 0 atom stereocenters. The molecule has 0 spiro atoms. The largest absolute Gasteiger partial charge is 0.262 e. The molecule has 0 fully saturated rings. The zero-order valence-electron chi connectivity index (χ0n) is 14.1. The molecule has 3 aromatic rings. The Morgan fingerprint density at radius 3 is 1.60 bits per heavy atom. The molecule has 25 heavy (non-hydrogen) atoms. The summed E-state index contributed by atoms with van der Waals surface area (Å²) in [6, 6.07) is 19.0. The van der Waals surface area contributed by atoms with Gasteiger partial charge < -0.3 is 0 Å². The summed E-state index contributed by atoms with van der Waals surface area (Å²) in [5.41, 5.74) is 5.87. The molecule has 0 radical (unpaired) electrons. The van der Waals surface area contributed by atoms with Crippen LogP contribution in [0.2, 0.25) is 0 Å². The first kappa shape index (κ1) is 19.1. The molecule has 7 heteroatoms. The van der Waals surface area contributed by atoms with Gasteiger partial charge in [-0.3, -0.25) is 0 Å². The second-order valence-corrected chi connectivity index (χ2v) is 6.35. The van der Waals surface area contributed by atoms with E-state index in [2.05, 4.69) is 68.4 Å². The summed E-state index contributed by atoms with van der Waals surface area (Å²) in [5, 5.41) is 0. The van der Waals surface area contributed by atoms with Crippen LogP contribution >= 0.6 is 0 Å². The number of halogens is 1. The number of hydrogen-bond donors (Lipinski definition) is 0. The first-order chi connectivity index (χ1) is 11.6. The van der Waals surface area contributed by atoms with Crippen LogP contribution in [-0.4, -0.2) is 0 Å². The minimum absolute atomic E-state index is 0.892. The Kier molecular flexibility index (Phi) is 5.94. The van der Waals surface area contributed by atoms with Crippen LogP contribution in [0.4, 0.5) is 0 Å². The lowest BCUT2D eigenvalue weighted by Crippen LogP contribution is -2.68. The monoisotopic (exact) mass is 363 g/mol. The molecule has 1 aromatic heterocycles. The Hall–Kier alpha value is -2.22. The number of aromatic nitrogens is 1. The highest BCUT2D eigenvalue weighted by atomic mass is 35.7. The van der Waals surface area contributed by atoms with Crippen LogP contribution in [0.25, 0.3) is 22.6 Å². The van der Waals surface area contributed by atoms with Crippen LogP contribution in [0, 0.1) is 24.1 Å². The fraction of sp³-hybridized carbons (Fsp3) is 0.167. The molecule has 6 nitrogen and oxygen atoms in total. The van der Waals surface area contributed by atoms with Gasteiger partial charge >= 0.3 is 0 Å². The topological polar surface area (TPSA) is 109 Å². The van der Waals surface area contributed by atoms with Crippen LogP contribution < -0.4 is 23.4 Å². The number of hydrogen-bond acceptors (Lipinski definition) is 5. The minimum atomic E-state index is -4.94. The summed E-state index contributed by atoms with van der Waals surface area (Å²) in [6.45, 7) is 4.18. The van der Waals surface area contributed by atoms with E-state index in [-0.39, 0.29) is 0 Å². The van der Waals surface area contributed by atoms with E-state index in [0.29, 0.717) is 0 Å². The average molecular weight is 364 g/mol. The maximum atomic E-state index is 8.49. The second-order valence-electron chi connectivity index (χ2n) is 5.59. The molecule has 3 rings (SSSR count).